The van der Waals surface area contributed by atoms with Gasteiger partial charge in [-0.25, -0.2) is 18.5 Å². The quantitative estimate of drug-likeness (QED) is 0.461. The first-order chi connectivity index (χ1) is 14.8. The molecular formula is C21H18N4O4S2. The number of amides is 1. The van der Waals surface area contributed by atoms with Gasteiger partial charge in [-0.15, -0.1) is 11.3 Å². The van der Waals surface area contributed by atoms with Gasteiger partial charge in [0.2, 0.25) is 10.0 Å². The van der Waals surface area contributed by atoms with Gasteiger partial charge in [0.1, 0.15) is 5.56 Å². The number of nitrogens with two attached hydrogens (primary N) is 1. The van der Waals surface area contributed by atoms with Gasteiger partial charge in [-0.05, 0) is 29.7 Å². The van der Waals surface area contributed by atoms with Crippen molar-refractivity contribution in [3.63, 3.8) is 0 Å². The monoisotopic (exact) mass is 454 g/mol. The highest BCUT2D eigenvalue weighted by molar-refractivity contribution is 7.89. The van der Waals surface area contributed by atoms with Crippen molar-refractivity contribution >= 4 is 32.2 Å². The van der Waals surface area contributed by atoms with E-state index in [-0.39, 0.29) is 17.0 Å². The summed E-state index contributed by atoms with van der Waals surface area (Å²) in [6, 6.07) is 15.5. The Hall–Kier alpha value is -3.34. The average Bonchev–Trinajstić information content (AvgIpc) is 3.19. The van der Waals surface area contributed by atoms with E-state index in [1.165, 1.54) is 34.1 Å². The molecule has 0 aliphatic rings. The normalized spacial score (nSPS) is 11.5. The number of thiazole rings is 1. The van der Waals surface area contributed by atoms with Crippen LogP contribution in [0, 0.1) is 0 Å². The number of carbonyl (C=O) groups excluding carboxylic acids is 1. The van der Waals surface area contributed by atoms with E-state index in [1.54, 1.807) is 12.1 Å². The van der Waals surface area contributed by atoms with Gasteiger partial charge in [-0.1, -0.05) is 42.5 Å². The van der Waals surface area contributed by atoms with Crippen LogP contribution in [-0.2, 0) is 16.4 Å². The molecule has 2 aromatic heterocycles. The lowest BCUT2D eigenvalue weighted by molar-refractivity contribution is 0.0952. The van der Waals surface area contributed by atoms with Crippen molar-refractivity contribution in [2.24, 2.45) is 5.14 Å². The third-order valence-electron chi connectivity index (χ3n) is 4.71. The number of hydrogen-bond donors (Lipinski definition) is 2. The second-order valence-corrected chi connectivity index (χ2v) is 9.17. The molecule has 0 aliphatic carbocycles. The van der Waals surface area contributed by atoms with Crippen LogP contribution in [0.25, 0.3) is 16.2 Å². The molecule has 2 aromatic carbocycles. The van der Waals surface area contributed by atoms with Crippen molar-refractivity contribution < 1.29 is 13.2 Å². The van der Waals surface area contributed by atoms with Crippen molar-refractivity contribution in [3.05, 3.63) is 87.7 Å². The molecule has 0 fully saturated rings. The van der Waals surface area contributed by atoms with Gasteiger partial charge in [0.15, 0.2) is 4.96 Å². The summed E-state index contributed by atoms with van der Waals surface area (Å²) in [4.78, 5) is 30.4. The maximum Gasteiger partial charge on any atom is 0.271 e. The van der Waals surface area contributed by atoms with Crippen molar-refractivity contribution in [1.29, 1.82) is 0 Å². The molecular weight excluding hydrogens is 436 g/mol. The Bertz CT molecular complexity index is 1410. The predicted molar refractivity (Wildman–Crippen MR) is 119 cm³/mol. The minimum absolute atomic E-state index is 0.0256. The summed E-state index contributed by atoms with van der Waals surface area (Å²) in [5, 5.41) is 9.64. The van der Waals surface area contributed by atoms with E-state index >= 15 is 0 Å². The second kappa shape index (κ2) is 8.42. The Morgan fingerprint density at radius 3 is 2.48 bits per heavy atom. The first-order valence-corrected chi connectivity index (χ1v) is 11.7. The maximum atomic E-state index is 13.0. The molecule has 0 spiro atoms. The highest BCUT2D eigenvalue weighted by Crippen LogP contribution is 2.23. The number of rotatable bonds is 6. The molecule has 2 heterocycles. The van der Waals surface area contributed by atoms with Gasteiger partial charge in [0, 0.05) is 18.1 Å². The SMILES string of the molecule is NS(=O)(=O)c1ccc(CCNC(=O)c2cnc3scc(-c4ccccc4)n3c2=O)cc1. The highest BCUT2D eigenvalue weighted by Gasteiger charge is 2.17. The second-order valence-electron chi connectivity index (χ2n) is 6.78. The zero-order valence-corrected chi connectivity index (χ0v) is 17.8. The van der Waals surface area contributed by atoms with Gasteiger partial charge < -0.3 is 5.32 Å². The topological polar surface area (TPSA) is 124 Å². The summed E-state index contributed by atoms with van der Waals surface area (Å²) in [7, 11) is -3.74. The average molecular weight is 455 g/mol. The third kappa shape index (κ3) is 4.41. The van der Waals surface area contributed by atoms with E-state index < -0.39 is 21.5 Å². The maximum absolute atomic E-state index is 13.0. The minimum Gasteiger partial charge on any atom is -0.351 e. The van der Waals surface area contributed by atoms with Gasteiger partial charge in [0.05, 0.1) is 10.6 Å². The smallest absolute Gasteiger partial charge is 0.271 e. The molecule has 0 aliphatic heterocycles. The van der Waals surface area contributed by atoms with Crippen LogP contribution in [0.4, 0.5) is 0 Å². The molecule has 31 heavy (non-hydrogen) atoms. The van der Waals surface area contributed by atoms with Crippen molar-refractivity contribution in [3.8, 4) is 11.3 Å². The molecule has 0 radical (unpaired) electrons. The summed E-state index contributed by atoms with van der Waals surface area (Å²) in [6.07, 6.45) is 1.75. The Morgan fingerprint density at radius 2 is 1.81 bits per heavy atom. The van der Waals surface area contributed by atoms with Crippen molar-refractivity contribution in [2.45, 2.75) is 11.3 Å². The van der Waals surface area contributed by atoms with Crippen molar-refractivity contribution in [1.82, 2.24) is 14.7 Å². The Morgan fingerprint density at radius 1 is 1.10 bits per heavy atom. The molecule has 0 atom stereocenters. The van der Waals surface area contributed by atoms with Crippen LogP contribution in [0.3, 0.4) is 0 Å². The van der Waals surface area contributed by atoms with Crippen LogP contribution in [0.5, 0.6) is 0 Å². The number of carbonyl (C=O) groups is 1. The van der Waals surface area contributed by atoms with E-state index in [9.17, 15) is 18.0 Å². The lowest BCUT2D eigenvalue weighted by Crippen LogP contribution is -2.32. The Labute approximate surface area is 182 Å². The van der Waals surface area contributed by atoms with Crippen LogP contribution >= 0.6 is 11.3 Å². The van der Waals surface area contributed by atoms with Crippen LogP contribution in [-0.4, -0.2) is 30.3 Å². The van der Waals surface area contributed by atoms with E-state index in [0.29, 0.717) is 17.1 Å². The van der Waals surface area contributed by atoms with Crippen molar-refractivity contribution in [2.75, 3.05) is 6.54 Å². The Kier molecular flexibility index (Phi) is 5.68. The van der Waals surface area contributed by atoms with Gasteiger partial charge in [-0.3, -0.25) is 14.0 Å². The summed E-state index contributed by atoms with van der Waals surface area (Å²) >= 11 is 1.33. The fourth-order valence-electron chi connectivity index (χ4n) is 3.12. The van der Waals surface area contributed by atoms with E-state index in [4.69, 9.17) is 5.14 Å². The zero-order valence-electron chi connectivity index (χ0n) is 16.2. The molecule has 0 saturated carbocycles. The zero-order chi connectivity index (χ0) is 22.0. The van der Waals surface area contributed by atoms with Gasteiger partial charge in [-0.2, -0.15) is 0 Å². The summed E-state index contributed by atoms with van der Waals surface area (Å²) in [6.45, 7) is 0.269. The number of nitrogens with one attached hydrogen (secondary N) is 1. The fraction of sp³-hybridized carbons (Fsp3) is 0.0952. The predicted octanol–water partition coefficient (Wildman–Crippen LogP) is 2.04. The van der Waals surface area contributed by atoms with Gasteiger partial charge in [0.25, 0.3) is 11.5 Å². The first kappa shape index (κ1) is 20.9. The summed E-state index contributed by atoms with van der Waals surface area (Å²) < 4.78 is 24.1. The molecule has 4 aromatic rings. The van der Waals surface area contributed by atoms with Crippen LogP contribution in [0.1, 0.15) is 15.9 Å². The molecule has 10 heteroatoms. The molecule has 4 rings (SSSR count). The van der Waals surface area contributed by atoms with Crippen LogP contribution < -0.4 is 16.0 Å². The van der Waals surface area contributed by atoms with E-state index in [2.05, 4.69) is 10.3 Å². The Balaban J connectivity index is 1.51. The number of benzene rings is 2. The molecule has 3 N–H and O–H groups in total. The molecule has 1 amide bonds. The number of aromatic nitrogens is 2. The highest BCUT2D eigenvalue weighted by atomic mass is 32.2. The largest absolute Gasteiger partial charge is 0.351 e. The van der Waals surface area contributed by atoms with Crippen LogP contribution in [0.2, 0.25) is 0 Å². The molecule has 8 nitrogen and oxygen atoms in total. The number of primary sulfonamides is 1. The lowest BCUT2D eigenvalue weighted by Gasteiger charge is -2.07. The fourth-order valence-corrected chi connectivity index (χ4v) is 4.49. The molecule has 0 saturated heterocycles. The number of fused-ring (bicyclic) bond motifs is 1. The third-order valence-corrected chi connectivity index (χ3v) is 6.48. The standard InChI is InChI=1S/C21H18N4O4S2/c22-31(28,29)16-8-6-14(7-9-16)10-11-23-19(26)17-12-24-21-25(20(17)27)18(13-30-21)15-4-2-1-3-5-15/h1-9,12-13H,10-11H2,(H,23,26)(H2,22,28,29). The number of hydrogen-bond acceptors (Lipinski definition) is 6. The first-order valence-electron chi connectivity index (χ1n) is 9.29. The van der Waals surface area contributed by atoms with E-state index in [1.807, 2.05) is 35.7 Å². The summed E-state index contributed by atoms with van der Waals surface area (Å²) in [5.74, 6) is -0.515. The number of nitrogens with zero attached hydrogens (tertiary/aromatic N) is 2. The minimum atomic E-state index is -3.74. The lowest BCUT2D eigenvalue weighted by atomic mass is 10.1. The number of sulfonamides is 1. The molecule has 0 bridgehead atoms. The van der Waals surface area contributed by atoms with Gasteiger partial charge >= 0.3 is 0 Å². The summed E-state index contributed by atoms with van der Waals surface area (Å²) in [5.41, 5.74) is 1.89. The van der Waals surface area contributed by atoms with Crippen LogP contribution in [0.15, 0.2) is 75.9 Å². The molecule has 158 valence electrons. The van der Waals surface area contributed by atoms with E-state index in [0.717, 1.165) is 11.1 Å². The molecule has 0 unspecified atom stereocenters.